The van der Waals surface area contributed by atoms with Gasteiger partial charge in [-0.05, 0) is 77.0 Å². The third-order valence-electron chi connectivity index (χ3n) is 8.33. The summed E-state index contributed by atoms with van der Waals surface area (Å²) in [7, 11) is 0. The lowest BCUT2D eigenvalue weighted by atomic mass is 10.1. The molecule has 0 aliphatic carbocycles. The van der Waals surface area contributed by atoms with Crippen molar-refractivity contribution in [3.8, 4) is 0 Å². The lowest BCUT2D eigenvalue weighted by molar-refractivity contribution is -0.154. The molecule has 0 radical (unpaired) electrons. The molecule has 272 valence electrons. The SMILES string of the molecule is CC/C=C\C/C=C\C/C=C\CCCCCCOCC(CO)OC(=O)CCCCCCCCCCC/C=C\C/C=C\CCCCCCC. The summed E-state index contributed by atoms with van der Waals surface area (Å²) in [5.74, 6) is -0.215. The Bertz CT molecular complexity index is 779. The normalized spacial score (nSPS) is 13.0. The molecule has 0 fully saturated rings. The standard InChI is InChI=1S/C43H76O4/c1-3-5-7-9-11-13-15-17-19-20-21-22-23-24-25-26-28-30-32-34-36-38-43(45)47-42(40-44)41-46-39-37-35-33-31-29-27-18-16-14-12-10-8-6-4-2/h6,8,12,14-15,17-18,20-21,27,42,44H,3-5,7,9-11,13,16,19,22-26,28-41H2,1-2H3/b8-6-,14-12-,17-15-,21-20-,27-18-. The van der Waals surface area contributed by atoms with Gasteiger partial charge < -0.3 is 14.6 Å². The van der Waals surface area contributed by atoms with Gasteiger partial charge >= 0.3 is 5.97 Å². The Morgan fingerprint density at radius 3 is 1.45 bits per heavy atom. The molecule has 0 saturated carbocycles. The highest BCUT2D eigenvalue weighted by atomic mass is 16.6. The molecular formula is C43H76O4. The Morgan fingerprint density at radius 2 is 0.957 bits per heavy atom. The van der Waals surface area contributed by atoms with Crippen LogP contribution in [0.15, 0.2) is 60.8 Å². The zero-order valence-electron chi connectivity index (χ0n) is 31.0. The van der Waals surface area contributed by atoms with Gasteiger partial charge in [0.2, 0.25) is 0 Å². The molecule has 1 unspecified atom stereocenters. The highest BCUT2D eigenvalue weighted by molar-refractivity contribution is 5.69. The fourth-order valence-corrected chi connectivity index (χ4v) is 5.37. The molecule has 4 nitrogen and oxygen atoms in total. The van der Waals surface area contributed by atoms with Crippen molar-refractivity contribution in [2.24, 2.45) is 0 Å². The third-order valence-corrected chi connectivity index (χ3v) is 8.33. The lowest BCUT2D eigenvalue weighted by Crippen LogP contribution is -2.27. The van der Waals surface area contributed by atoms with Crippen molar-refractivity contribution in [3.63, 3.8) is 0 Å². The van der Waals surface area contributed by atoms with Crippen molar-refractivity contribution in [3.05, 3.63) is 60.8 Å². The van der Waals surface area contributed by atoms with Crippen LogP contribution in [0.5, 0.6) is 0 Å². The summed E-state index contributed by atoms with van der Waals surface area (Å²) in [4.78, 5) is 12.2. The number of allylic oxidation sites excluding steroid dienone is 10. The van der Waals surface area contributed by atoms with Gasteiger partial charge in [0.15, 0.2) is 0 Å². The van der Waals surface area contributed by atoms with Crippen LogP contribution >= 0.6 is 0 Å². The maximum absolute atomic E-state index is 12.2. The van der Waals surface area contributed by atoms with Gasteiger partial charge in [0.05, 0.1) is 13.2 Å². The zero-order chi connectivity index (χ0) is 34.1. The summed E-state index contributed by atoms with van der Waals surface area (Å²) in [6.07, 6.45) is 52.7. The van der Waals surface area contributed by atoms with Crippen molar-refractivity contribution < 1.29 is 19.4 Å². The zero-order valence-corrected chi connectivity index (χ0v) is 31.0. The number of carbonyl (C=O) groups is 1. The van der Waals surface area contributed by atoms with Crippen molar-refractivity contribution in [2.45, 2.75) is 187 Å². The minimum Gasteiger partial charge on any atom is -0.457 e. The van der Waals surface area contributed by atoms with Crippen LogP contribution in [0.25, 0.3) is 0 Å². The van der Waals surface area contributed by atoms with Crippen LogP contribution in [-0.4, -0.2) is 37.0 Å². The molecule has 0 aliphatic rings. The molecule has 0 aromatic heterocycles. The van der Waals surface area contributed by atoms with E-state index in [2.05, 4.69) is 74.6 Å². The molecule has 4 heteroatoms. The summed E-state index contributed by atoms with van der Waals surface area (Å²) in [6.45, 7) is 5.17. The molecule has 0 aromatic carbocycles. The topological polar surface area (TPSA) is 55.8 Å². The summed E-state index contributed by atoms with van der Waals surface area (Å²) in [5, 5.41) is 9.57. The summed E-state index contributed by atoms with van der Waals surface area (Å²) in [6, 6.07) is 0. The van der Waals surface area contributed by atoms with E-state index in [1.165, 1.54) is 103 Å². The molecule has 0 aromatic rings. The van der Waals surface area contributed by atoms with Crippen LogP contribution < -0.4 is 0 Å². The minimum atomic E-state index is -0.549. The molecule has 0 aliphatic heterocycles. The van der Waals surface area contributed by atoms with E-state index in [4.69, 9.17) is 9.47 Å². The molecule has 47 heavy (non-hydrogen) atoms. The second-order valence-corrected chi connectivity index (χ2v) is 13.0. The molecule has 0 saturated heterocycles. The molecule has 0 spiro atoms. The van der Waals surface area contributed by atoms with Gasteiger partial charge in [-0.25, -0.2) is 0 Å². The van der Waals surface area contributed by atoms with Gasteiger partial charge in [-0.3, -0.25) is 4.79 Å². The fraction of sp³-hybridized carbons (Fsp3) is 0.744. The quantitative estimate of drug-likeness (QED) is 0.0414. The van der Waals surface area contributed by atoms with Gasteiger partial charge in [-0.2, -0.15) is 0 Å². The molecule has 0 heterocycles. The Balaban J connectivity index is 3.48. The van der Waals surface area contributed by atoms with E-state index in [-0.39, 0.29) is 19.2 Å². The van der Waals surface area contributed by atoms with Crippen LogP contribution in [0.2, 0.25) is 0 Å². The number of esters is 1. The number of aliphatic hydroxyl groups excluding tert-OH is 1. The smallest absolute Gasteiger partial charge is 0.306 e. The Morgan fingerprint density at radius 1 is 0.532 bits per heavy atom. The van der Waals surface area contributed by atoms with Gasteiger partial charge in [-0.1, -0.05) is 158 Å². The number of ether oxygens (including phenoxy) is 2. The van der Waals surface area contributed by atoms with Crippen molar-refractivity contribution in [1.82, 2.24) is 0 Å². The summed E-state index contributed by atoms with van der Waals surface area (Å²) < 4.78 is 11.1. The van der Waals surface area contributed by atoms with Crippen molar-refractivity contribution in [2.75, 3.05) is 19.8 Å². The predicted octanol–water partition coefficient (Wildman–Crippen LogP) is 12.9. The number of hydrogen-bond donors (Lipinski definition) is 1. The largest absolute Gasteiger partial charge is 0.457 e. The van der Waals surface area contributed by atoms with Crippen molar-refractivity contribution >= 4 is 5.97 Å². The van der Waals surface area contributed by atoms with Crippen LogP contribution in [0.4, 0.5) is 0 Å². The van der Waals surface area contributed by atoms with E-state index < -0.39 is 6.10 Å². The number of aliphatic hydroxyl groups is 1. The molecular weight excluding hydrogens is 580 g/mol. The van der Waals surface area contributed by atoms with Gasteiger partial charge in [0.1, 0.15) is 6.10 Å². The van der Waals surface area contributed by atoms with E-state index in [9.17, 15) is 9.90 Å². The van der Waals surface area contributed by atoms with Crippen molar-refractivity contribution in [1.29, 1.82) is 0 Å². The van der Waals surface area contributed by atoms with Gasteiger partial charge in [0, 0.05) is 13.0 Å². The first-order chi connectivity index (χ1) is 23.2. The van der Waals surface area contributed by atoms with Crippen LogP contribution in [0, 0.1) is 0 Å². The van der Waals surface area contributed by atoms with Gasteiger partial charge in [0.25, 0.3) is 0 Å². The Hall–Kier alpha value is -1.91. The predicted molar refractivity (Wildman–Crippen MR) is 205 cm³/mol. The van der Waals surface area contributed by atoms with E-state index in [1.807, 2.05) is 0 Å². The van der Waals surface area contributed by atoms with E-state index in [1.54, 1.807) is 0 Å². The molecule has 1 N–H and O–H groups in total. The van der Waals surface area contributed by atoms with Crippen LogP contribution in [-0.2, 0) is 14.3 Å². The van der Waals surface area contributed by atoms with Gasteiger partial charge in [-0.15, -0.1) is 0 Å². The first kappa shape index (κ1) is 45.1. The average molecular weight is 657 g/mol. The van der Waals surface area contributed by atoms with E-state index in [0.29, 0.717) is 13.0 Å². The Kier molecular flexibility index (Phi) is 38.6. The number of rotatable bonds is 36. The van der Waals surface area contributed by atoms with Crippen LogP contribution in [0.3, 0.4) is 0 Å². The number of hydrogen-bond acceptors (Lipinski definition) is 4. The monoisotopic (exact) mass is 657 g/mol. The summed E-state index contributed by atoms with van der Waals surface area (Å²) in [5.41, 5.74) is 0. The molecule has 1 atom stereocenters. The highest BCUT2D eigenvalue weighted by Gasteiger charge is 2.13. The third kappa shape index (κ3) is 38.4. The van der Waals surface area contributed by atoms with E-state index in [0.717, 1.165) is 57.8 Å². The fourth-order valence-electron chi connectivity index (χ4n) is 5.37. The maximum atomic E-state index is 12.2. The molecule has 0 rings (SSSR count). The average Bonchev–Trinajstić information content (AvgIpc) is 3.08. The first-order valence-electron chi connectivity index (χ1n) is 19.9. The minimum absolute atomic E-state index is 0.185. The highest BCUT2D eigenvalue weighted by Crippen LogP contribution is 2.13. The second kappa shape index (κ2) is 40.3. The molecule has 0 bridgehead atoms. The van der Waals surface area contributed by atoms with E-state index >= 15 is 0 Å². The number of carbonyl (C=O) groups excluding carboxylic acids is 1. The lowest BCUT2D eigenvalue weighted by Gasteiger charge is -2.15. The maximum Gasteiger partial charge on any atom is 0.306 e. The molecule has 0 amide bonds. The second-order valence-electron chi connectivity index (χ2n) is 13.0. The van der Waals surface area contributed by atoms with Crippen LogP contribution in [0.1, 0.15) is 181 Å². The Labute approximate surface area is 292 Å². The summed E-state index contributed by atoms with van der Waals surface area (Å²) >= 11 is 0. The number of unbranched alkanes of at least 4 members (excludes halogenated alkanes) is 18. The first-order valence-corrected chi connectivity index (χ1v) is 19.9.